The van der Waals surface area contributed by atoms with Crippen LogP contribution in [0.2, 0.25) is 0 Å². The van der Waals surface area contributed by atoms with Gasteiger partial charge in [0.2, 0.25) is 11.4 Å². The minimum Gasteiger partial charge on any atom is -0.456 e. The van der Waals surface area contributed by atoms with Crippen LogP contribution in [0.1, 0.15) is 0 Å². The third kappa shape index (κ3) is 4.73. The van der Waals surface area contributed by atoms with Gasteiger partial charge in [-0.3, -0.25) is 9.80 Å². The lowest BCUT2D eigenvalue weighted by molar-refractivity contribution is 0.639. The maximum Gasteiger partial charge on any atom is 0.250 e. The molecule has 0 atom stereocenters. The summed E-state index contributed by atoms with van der Waals surface area (Å²) in [5.41, 5.74) is 8.43. The van der Waals surface area contributed by atoms with Gasteiger partial charge < -0.3 is 13.3 Å². The molecule has 0 fully saturated rings. The lowest BCUT2D eigenvalue weighted by atomic mass is 10.1. The molecule has 0 aliphatic carbocycles. The molecule has 11 rings (SSSR count). The first-order valence-electron chi connectivity index (χ1n) is 17.3. The van der Waals surface area contributed by atoms with Gasteiger partial charge in [-0.25, -0.2) is 4.98 Å². The number of rotatable bonds is 6. The van der Waals surface area contributed by atoms with Crippen molar-refractivity contribution in [3.63, 3.8) is 0 Å². The van der Waals surface area contributed by atoms with Crippen LogP contribution in [0.4, 0.5) is 34.4 Å². The Morgan fingerprint density at radius 2 is 0.849 bits per heavy atom. The average molecular weight is 686 g/mol. The van der Waals surface area contributed by atoms with Crippen LogP contribution in [0.15, 0.2) is 177 Å². The van der Waals surface area contributed by atoms with Crippen molar-refractivity contribution in [2.75, 3.05) is 9.80 Å². The van der Waals surface area contributed by atoms with Crippen molar-refractivity contribution in [2.24, 2.45) is 0 Å². The Labute approximate surface area is 301 Å². The maximum atomic E-state index is 6.42. The van der Waals surface area contributed by atoms with Crippen LogP contribution in [0, 0.1) is 0 Å². The van der Waals surface area contributed by atoms with Gasteiger partial charge in [0.25, 0.3) is 0 Å². The number of anilines is 6. The van der Waals surface area contributed by atoms with E-state index in [0.29, 0.717) is 28.6 Å². The Balaban J connectivity index is 1.03. The van der Waals surface area contributed by atoms with Crippen molar-refractivity contribution >= 4 is 101 Å². The number of fused-ring (bicyclic) bond motifs is 9. The summed E-state index contributed by atoms with van der Waals surface area (Å²) in [6, 6.07) is 52.9. The van der Waals surface area contributed by atoms with E-state index in [4.69, 9.17) is 28.2 Å². The quantitative estimate of drug-likeness (QED) is 0.171. The predicted octanol–water partition coefficient (Wildman–Crippen LogP) is 12.5. The Kier molecular flexibility index (Phi) is 6.38. The highest BCUT2D eigenvalue weighted by molar-refractivity contribution is 6.07. The van der Waals surface area contributed by atoms with Crippen LogP contribution in [-0.4, -0.2) is 15.0 Å². The average Bonchev–Trinajstić information content (AvgIpc) is 3.89. The van der Waals surface area contributed by atoms with E-state index in [9.17, 15) is 0 Å². The molecule has 0 unspecified atom stereocenters. The number of nitrogens with zero attached hydrogens (tertiary/aromatic N) is 5. The number of hydrogen-bond acceptors (Lipinski definition) is 8. The third-order valence-corrected chi connectivity index (χ3v) is 9.75. The minimum absolute atomic E-state index is 0.392. The molecule has 0 saturated carbocycles. The zero-order valence-electron chi connectivity index (χ0n) is 28.0. The van der Waals surface area contributed by atoms with E-state index in [1.54, 1.807) is 6.20 Å². The largest absolute Gasteiger partial charge is 0.456 e. The van der Waals surface area contributed by atoms with Crippen LogP contribution in [0.5, 0.6) is 0 Å². The summed E-state index contributed by atoms with van der Waals surface area (Å²) >= 11 is 0. The van der Waals surface area contributed by atoms with Crippen LogP contribution >= 0.6 is 0 Å². The van der Waals surface area contributed by atoms with Gasteiger partial charge in [-0.15, -0.1) is 0 Å². The summed E-state index contributed by atoms with van der Waals surface area (Å²) in [6.45, 7) is 0. The van der Waals surface area contributed by atoms with E-state index < -0.39 is 0 Å². The second kappa shape index (κ2) is 11.5. The van der Waals surface area contributed by atoms with E-state index in [-0.39, 0.29) is 0 Å². The smallest absolute Gasteiger partial charge is 0.250 e. The van der Waals surface area contributed by atoms with Gasteiger partial charge in [-0.1, -0.05) is 72.8 Å². The van der Waals surface area contributed by atoms with Crippen molar-refractivity contribution in [3.8, 4) is 0 Å². The lowest BCUT2D eigenvalue weighted by Gasteiger charge is -2.24. The standard InChI is InChI=1S/C45H27N5O3/c1-3-11-28(12-4-1)49(30-19-21-34-32-15-7-9-17-37(32)51-39(34)25-30)41-24-23-36-43-45(53-44(36)47-41)48-42(27-46-43)50(29-13-5-2-6-14-29)31-20-22-35-33-16-8-10-18-38(33)52-40(35)26-31/h1-27H. The molecule has 0 N–H and O–H groups in total. The minimum atomic E-state index is 0.392. The van der Waals surface area contributed by atoms with Gasteiger partial charge in [-0.05, 0) is 72.8 Å². The molecule has 11 aromatic rings. The molecule has 0 bridgehead atoms. The molecule has 250 valence electrons. The summed E-state index contributed by atoms with van der Waals surface area (Å²) < 4.78 is 18.9. The molecule has 5 aromatic heterocycles. The second-order valence-electron chi connectivity index (χ2n) is 12.9. The number of pyridine rings is 1. The second-order valence-corrected chi connectivity index (χ2v) is 12.9. The summed E-state index contributed by atoms with van der Waals surface area (Å²) in [5, 5.41) is 5.06. The van der Waals surface area contributed by atoms with Crippen LogP contribution in [0.25, 0.3) is 66.2 Å². The van der Waals surface area contributed by atoms with Gasteiger partial charge in [0.05, 0.1) is 23.0 Å². The molecule has 6 aromatic carbocycles. The summed E-state index contributed by atoms with van der Waals surface area (Å²) in [6.07, 6.45) is 1.78. The normalized spacial score (nSPS) is 11.8. The third-order valence-electron chi connectivity index (χ3n) is 9.75. The fourth-order valence-corrected chi connectivity index (χ4v) is 7.32. The van der Waals surface area contributed by atoms with Crippen LogP contribution in [-0.2, 0) is 0 Å². The fourth-order valence-electron chi connectivity index (χ4n) is 7.32. The number of hydrogen-bond donors (Lipinski definition) is 0. The zero-order valence-corrected chi connectivity index (χ0v) is 28.0. The Morgan fingerprint density at radius 3 is 1.45 bits per heavy atom. The highest BCUT2D eigenvalue weighted by Gasteiger charge is 2.22. The van der Waals surface area contributed by atoms with Crippen LogP contribution < -0.4 is 9.80 Å². The van der Waals surface area contributed by atoms with E-state index in [0.717, 1.165) is 72.0 Å². The highest BCUT2D eigenvalue weighted by atomic mass is 16.4. The number of furan rings is 3. The van der Waals surface area contributed by atoms with Gasteiger partial charge in [-0.2, -0.15) is 9.97 Å². The molecule has 0 aliphatic rings. The number of benzene rings is 6. The molecule has 0 radical (unpaired) electrons. The Hall–Kier alpha value is -7.45. The predicted molar refractivity (Wildman–Crippen MR) is 211 cm³/mol. The van der Waals surface area contributed by atoms with Gasteiger partial charge in [0, 0.05) is 45.1 Å². The van der Waals surface area contributed by atoms with Crippen molar-refractivity contribution < 1.29 is 13.3 Å². The fraction of sp³-hybridized carbons (Fsp3) is 0. The van der Waals surface area contributed by atoms with E-state index in [1.165, 1.54) is 0 Å². The molecule has 8 heteroatoms. The SMILES string of the molecule is c1ccc(N(c2ccc3c(c2)oc2ccccc23)c2ccc3c(n2)oc2nc(N(c4ccccc4)c4ccc5c(c4)oc4ccccc45)cnc23)cc1. The Bertz CT molecular complexity index is 2940. The van der Waals surface area contributed by atoms with Crippen molar-refractivity contribution in [3.05, 3.63) is 164 Å². The molecule has 0 aliphatic heterocycles. The summed E-state index contributed by atoms with van der Waals surface area (Å²) in [7, 11) is 0. The molecule has 5 heterocycles. The van der Waals surface area contributed by atoms with Gasteiger partial charge in [0.1, 0.15) is 33.7 Å². The molecule has 53 heavy (non-hydrogen) atoms. The highest BCUT2D eigenvalue weighted by Crippen LogP contribution is 2.41. The van der Waals surface area contributed by atoms with Crippen molar-refractivity contribution in [1.29, 1.82) is 0 Å². The zero-order chi connectivity index (χ0) is 34.9. The van der Waals surface area contributed by atoms with E-state index in [2.05, 4.69) is 64.4 Å². The molecule has 8 nitrogen and oxygen atoms in total. The summed E-state index contributed by atoms with van der Waals surface area (Å²) in [5.74, 6) is 1.28. The molecular weight excluding hydrogens is 659 g/mol. The van der Waals surface area contributed by atoms with Gasteiger partial charge >= 0.3 is 0 Å². The van der Waals surface area contributed by atoms with Crippen LogP contribution in [0.3, 0.4) is 0 Å². The summed E-state index contributed by atoms with van der Waals surface area (Å²) in [4.78, 5) is 19.1. The monoisotopic (exact) mass is 685 g/mol. The first-order valence-corrected chi connectivity index (χ1v) is 17.3. The molecular formula is C45H27N5O3. The first-order chi connectivity index (χ1) is 26.2. The van der Waals surface area contributed by atoms with E-state index in [1.807, 2.05) is 103 Å². The van der Waals surface area contributed by atoms with E-state index >= 15 is 0 Å². The maximum absolute atomic E-state index is 6.42. The lowest BCUT2D eigenvalue weighted by Crippen LogP contribution is -2.11. The molecule has 0 saturated heterocycles. The molecule has 0 amide bonds. The van der Waals surface area contributed by atoms with Gasteiger partial charge in [0.15, 0.2) is 5.82 Å². The topological polar surface area (TPSA) is 84.6 Å². The Morgan fingerprint density at radius 1 is 0.358 bits per heavy atom. The van der Waals surface area contributed by atoms with Crippen molar-refractivity contribution in [1.82, 2.24) is 15.0 Å². The first kappa shape index (κ1) is 29.3. The van der Waals surface area contributed by atoms with Crippen molar-refractivity contribution in [2.45, 2.75) is 0 Å². The number of aromatic nitrogens is 3. The number of para-hydroxylation sites is 4. The molecule has 0 spiro atoms.